The third-order valence-electron chi connectivity index (χ3n) is 3.42. The van der Waals surface area contributed by atoms with E-state index in [1.807, 2.05) is 19.9 Å². The van der Waals surface area contributed by atoms with Crippen molar-refractivity contribution in [2.75, 3.05) is 12.4 Å². The molecule has 0 aromatic heterocycles. The predicted molar refractivity (Wildman–Crippen MR) is 81.6 cm³/mol. The minimum absolute atomic E-state index is 0.0274. The van der Waals surface area contributed by atoms with Gasteiger partial charge in [0.15, 0.2) is 0 Å². The number of benzene rings is 2. The predicted octanol–water partition coefficient (Wildman–Crippen LogP) is 4.01. The van der Waals surface area contributed by atoms with Crippen LogP contribution in [0.15, 0.2) is 30.3 Å². The van der Waals surface area contributed by atoms with Crippen LogP contribution in [-0.4, -0.2) is 13.0 Å². The van der Waals surface area contributed by atoms with E-state index in [4.69, 9.17) is 4.74 Å². The zero-order valence-corrected chi connectivity index (χ0v) is 12.6. The maximum Gasteiger partial charge on any atom is 0.258 e. The third-order valence-corrected chi connectivity index (χ3v) is 3.42. The lowest BCUT2D eigenvalue weighted by molar-refractivity contribution is 0.102. The van der Waals surface area contributed by atoms with Gasteiger partial charge in [-0.3, -0.25) is 4.79 Å². The molecule has 0 radical (unpaired) electrons. The van der Waals surface area contributed by atoms with E-state index in [2.05, 4.69) is 5.32 Å². The molecule has 0 spiro atoms. The Bertz CT molecular complexity index is 695. The number of anilines is 1. The van der Waals surface area contributed by atoms with Crippen molar-refractivity contribution in [3.63, 3.8) is 0 Å². The normalized spacial score (nSPS) is 10.3. The largest absolute Gasteiger partial charge is 0.496 e. The van der Waals surface area contributed by atoms with Crippen LogP contribution in [0.4, 0.5) is 10.1 Å². The van der Waals surface area contributed by atoms with Crippen molar-refractivity contribution < 1.29 is 13.9 Å². The first kappa shape index (κ1) is 15.0. The quantitative estimate of drug-likeness (QED) is 0.926. The van der Waals surface area contributed by atoms with Gasteiger partial charge in [-0.2, -0.15) is 0 Å². The fourth-order valence-corrected chi connectivity index (χ4v) is 2.27. The molecule has 0 aliphatic carbocycles. The number of aryl methyl sites for hydroxylation is 2. The molecule has 2 rings (SSSR count). The van der Waals surface area contributed by atoms with Crippen molar-refractivity contribution >= 4 is 11.6 Å². The average Bonchev–Trinajstić information content (AvgIpc) is 2.42. The summed E-state index contributed by atoms with van der Waals surface area (Å²) in [5, 5.41) is 2.73. The van der Waals surface area contributed by atoms with Crippen LogP contribution in [0.3, 0.4) is 0 Å². The van der Waals surface area contributed by atoms with Gasteiger partial charge in [-0.25, -0.2) is 4.39 Å². The Morgan fingerprint density at radius 2 is 1.86 bits per heavy atom. The van der Waals surface area contributed by atoms with Gasteiger partial charge in [0.1, 0.15) is 11.6 Å². The van der Waals surface area contributed by atoms with Crippen molar-refractivity contribution in [3.8, 4) is 5.75 Å². The fourth-order valence-electron chi connectivity index (χ4n) is 2.27. The SMILES string of the molecule is COc1c(C)ccc(NC(=O)c2ccc(C)cc2F)c1C. The summed E-state index contributed by atoms with van der Waals surface area (Å²) in [7, 11) is 1.58. The van der Waals surface area contributed by atoms with E-state index < -0.39 is 11.7 Å². The standard InChI is InChI=1S/C17H18FNO2/c1-10-5-7-13(14(18)9-10)17(20)19-15-8-6-11(2)16(21-4)12(15)3/h5-9H,1-4H3,(H,19,20). The maximum atomic E-state index is 13.8. The smallest absolute Gasteiger partial charge is 0.258 e. The molecule has 0 fully saturated rings. The number of carbonyl (C=O) groups is 1. The van der Waals surface area contributed by atoms with E-state index in [1.165, 1.54) is 12.1 Å². The van der Waals surface area contributed by atoms with Gasteiger partial charge in [0.05, 0.1) is 12.7 Å². The molecule has 0 saturated carbocycles. The molecule has 1 amide bonds. The number of carbonyl (C=O) groups excluding carboxylic acids is 1. The topological polar surface area (TPSA) is 38.3 Å². The lowest BCUT2D eigenvalue weighted by Gasteiger charge is -2.14. The second-order valence-electron chi connectivity index (χ2n) is 5.03. The van der Waals surface area contributed by atoms with Crippen LogP contribution in [0.25, 0.3) is 0 Å². The summed E-state index contributed by atoms with van der Waals surface area (Å²) in [5.41, 5.74) is 3.21. The summed E-state index contributed by atoms with van der Waals surface area (Å²) in [5.74, 6) is -0.275. The first-order chi connectivity index (χ1) is 9.93. The summed E-state index contributed by atoms with van der Waals surface area (Å²) in [4.78, 5) is 12.2. The van der Waals surface area contributed by atoms with Crippen molar-refractivity contribution in [2.45, 2.75) is 20.8 Å². The van der Waals surface area contributed by atoms with E-state index in [0.29, 0.717) is 5.69 Å². The number of nitrogens with one attached hydrogen (secondary N) is 1. The summed E-state index contributed by atoms with van der Waals surface area (Å²) >= 11 is 0. The number of hydrogen-bond acceptors (Lipinski definition) is 2. The molecule has 0 atom stereocenters. The van der Waals surface area contributed by atoms with E-state index in [-0.39, 0.29) is 5.56 Å². The first-order valence-electron chi connectivity index (χ1n) is 6.65. The van der Waals surface area contributed by atoms with Gasteiger partial charge in [0, 0.05) is 11.3 Å². The highest BCUT2D eigenvalue weighted by Gasteiger charge is 2.15. The zero-order chi connectivity index (χ0) is 15.6. The van der Waals surface area contributed by atoms with Crippen molar-refractivity contribution in [2.24, 2.45) is 0 Å². The molecule has 0 aliphatic rings. The van der Waals surface area contributed by atoms with Crippen LogP contribution in [0.1, 0.15) is 27.0 Å². The van der Waals surface area contributed by atoms with E-state index >= 15 is 0 Å². The molecular weight excluding hydrogens is 269 g/mol. The van der Waals surface area contributed by atoms with E-state index in [9.17, 15) is 9.18 Å². The van der Waals surface area contributed by atoms with Crippen LogP contribution in [-0.2, 0) is 0 Å². The highest BCUT2D eigenvalue weighted by molar-refractivity contribution is 6.05. The molecule has 0 unspecified atom stereocenters. The van der Waals surface area contributed by atoms with Gasteiger partial charge in [-0.1, -0.05) is 12.1 Å². The molecule has 0 bridgehead atoms. The minimum atomic E-state index is -0.524. The number of amides is 1. The van der Waals surface area contributed by atoms with Crippen molar-refractivity contribution in [1.29, 1.82) is 0 Å². The van der Waals surface area contributed by atoms with Gasteiger partial charge in [-0.05, 0) is 50.1 Å². The fraction of sp³-hybridized carbons (Fsp3) is 0.235. The summed E-state index contributed by atoms with van der Waals surface area (Å²) in [6.45, 7) is 5.56. The van der Waals surface area contributed by atoms with Gasteiger partial charge in [0.25, 0.3) is 5.91 Å². The molecule has 1 N–H and O–H groups in total. The lowest BCUT2D eigenvalue weighted by atomic mass is 10.1. The number of hydrogen-bond donors (Lipinski definition) is 1. The second-order valence-corrected chi connectivity index (χ2v) is 5.03. The Morgan fingerprint density at radius 1 is 1.14 bits per heavy atom. The van der Waals surface area contributed by atoms with Crippen LogP contribution in [0.5, 0.6) is 5.75 Å². The van der Waals surface area contributed by atoms with E-state index in [1.54, 1.807) is 26.2 Å². The van der Waals surface area contributed by atoms with Gasteiger partial charge in [0.2, 0.25) is 0 Å². The molecule has 2 aromatic carbocycles. The highest BCUT2D eigenvalue weighted by Crippen LogP contribution is 2.29. The molecule has 0 aliphatic heterocycles. The molecule has 3 nitrogen and oxygen atoms in total. The number of ether oxygens (including phenoxy) is 1. The van der Waals surface area contributed by atoms with E-state index in [0.717, 1.165) is 22.4 Å². The molecule has 110 valence electrons. The number of rotatable bonds is 3. The van der Waals surface area contributed by atoms with Crippen LogP contribution < -0.4 is 10.1 Å². The molecule has 2 aromatic rings. The maximum absolute atomic E-state index is 13.8. The molecular formula is C17H18FNO2. The average molecular weight is 287 g/mol. The zero-order valence-electron chi connectivity index (χ0n) is 12.6. The number of methoxy groups -OCH3 is 1. The lowest BCUT2D eigenvalue weighted by Crippen LogP contribution is -2.15. The molecule has 0 heterocycles. The monoisotopic (exact) mass is 287 g/mol. The minimum Gasteiger partial charge on any atom is -0.496 e. The molecule has 4 heteroatoms. The Hall–Kier alpha value is -2.36. The Labute approximate surface area is 123 Å². The van der Waals surface area contributed by atoms with Gasteiger partial charge >= 0.3 is 0 Å². The van der Waals surface area contributed by atoms with Gasteiger partial charge in [-0.15, -0.1) is 0 Å². The Morgan fingerprint density at radius 3 is 2.48 bits per heavy atom. The highest BCUT2D eigenvalue weighted by atomic mass is 19.1. The number of halogens is 1. The first-order valence-corrected chi connectivity index (χ1v) is 6.65. The van der Waals surface area contributed by atoms with Crippen LogP contribution >= 0.6 is 0 Å². The summed E-state index contributed by atoms with van der Waals surface area (Å²) < 4.78 is 19.1. The van der Waals surface area contributed by atoms with Gasteiger partial charge < -0.3 is 10.1 Å². The van der Waals surface area contributed by atoms with Crippen molar-refractivity contribution in [1.82, 2.24) is 0 Å². The third kappa shape index (κ3) is 3.05. The Balaban J connectivity index is 2.32. The Kier molecular flexibility index (Phi) is 4.26. The summed E-state index contributed by atoms with van der Waals surface area (Å²) in [6, 6.07) is 8.18. The van der Waals surface area contributed by atoms with Crippen LogP contribution in [0, 0.1) is 26.6 Å². The molecule has 21 heavy (non-hydrogen) atoms. The van der Waals surface area contributed by atoms with Crippen molar-refractivity contribution in [3.05, 3.63) is 58.4 Å². The summed E-state index contributed by atoms with van der Waals surface area (Å²) in [6.07, 6.45) is 0. The second kappa shape index (κ2) is 5.95. The van der Waals surface area contributed by atoms with Crippen LogP contribution in [0.2, 0.25) is 0 Å². The molecule has 0 saturated heterocycles.